The van der Waals surface area contributed by atoms with Gasteiger partial charge in [0.25, 0.3) is 0 Å². The van der Waals surface area contributed by atoms with Gasteiger partial charge in [0.15, 0.2) is 5.82 Å². The molecule has 1 aliphatic rings. The van der Waals surface area contributed by atoms with E-state index in [0.717, 1.165) is 18.9 Å². The second kappa shape index (κ2) is 6.20. The zero-order valence-corrected chi connectivity index (χ0v) is 13.3. The summed E-state index contributed by atoms with van der Waals surface area (Å²) < 4.78 is 40.4. The smallest absolute Gasteiger partial charge is 0.243 e. The summed E-state index contributed by atoms with van der Waals surface area (Å²) in [7, 11) is -4.03. The van der Waals surface area contributed by atoms with Crippen LogP contribution in [0.1, 0.15) is 32.6 Å². The highest BCUT2D eigenvalue weighted by atomic mass is 35.5. The number of halogens is 2. The van der Waals surface area contributed by atoms with Crippen molar-refractivity contribution in [3.63, 3.8) is 0 Å². The Balaban J connectivity index is 2.10. The van der Waals surface area contributed by atoms with Crippen LogP contribution in [0.4, 0.5) is 4.39 Å². The van der Waals surface area contributed by atoms with Crippen molar-refractivity contribution < 1.29 is 17.9 Å². The molecule has 0 aliphatic heterocycles. The monoisotopic (exact) mass is 335 g/mol. The van der Waals surface area contributed by atoms with E-state index < -0.39 is 26.3 Å². The molecule has 0 spiro atoms. The Morgan fingerprint density at radius 3 is 2.67 bits per heavy atom. The van der Waals surface area contributed by atoms with Gasteiger partial charge in [0.05, 0.1) is 10.6 Å². The molecule has 0 radical (unpaired) electrons. The Labute approximate surface area is 129 Å². The number of aliphatic hydroxyl groups is 1. The minimum absolute atomic E-state index is 0.117. The summed E-state index contributed by atoms with van der Waals surface area (Å²) in [6.07, 6.45) is 2.77. The predicted molar refractivity (Wildman–Crippen MR) is 79.2 cm³/mol. The van der Waals surface area contributed by atoms with E-state index in [4.69, 9.17) is 11.6 Å². The number of hydrogen-bond acceptors (Lipinski definition) is 3. The molecule has 1 fully saturated rings. The lowest BCUT2D eigenvalue weighted by atomic mass is 9.80. The standard InChI is InChI=1S/C14H19ClFNO3S/c1-10-5-7-14(18,8-6-10)9-17-21(19,20)12-4-2-3-11(15)13(12)16/h2-4,10,17-18H,5-9H2,1H3. The van der Waals surface area contributed by atoms with Crippen molar-refractivity contribution in [1.29, 1.82) is 0 Å². The molecule has 118 valence electrons. The summed E-state index contributed by atoms with van der Waals surface area (Å²) in [6.45, 7) is 1.99. The first-order chi connectivity index (χ1) is 9.73. The van der Waals surface area contributed by atoms with E-state index in [2.05, 4.69) is 11.6 Å². The molecule has 1 saturated carbocycles. The van der Waals surface area contributed by atoms with Crippen LogP contribution in [0, 0.1) is 11.7 Å². The van der Waals surface area contributed by atoms with Gasteiger partial charge in [0, 0.05) is 6.54 Å². The molecule has 2 rings (SSSR count). The molecule has 2 N–H and O–H groups in total. The summed E-state index contributed by atoms with van der Waals surface area (Å²) in [5.74, 6) is -0.442. The number of nitrogens with one attached hydrogen (secondary N) is 1. The second-order valence-electron chi connectivity index (χ2n) is 5.78. The molecular formula is C14H19ClFNO3S. The van der Waals surface area contributed by atoms with Crippen molar-refractivity contribution in [2.45, 2.75) is 43.1 Å². The second-order valence-corrected chi connectivity index (χ2v) is 7.93. The van der Waals surface area contributed by atoms with E-state index in [1.54, 1.807) is 0 Å². The van der Waals surface area contributed by atoms with Gasteiger partial charge < -0.3 is 5.11 Å². The van der Waals surface area contributed by atoms with Crippen LogP contribution < -0.4 is 4.72 Å². The molecule has 0 atom stereocenters. The first-order valence-electron chi connectivity index (χ1n) is 6.90. The molecule has 1 aliphatic carbocycles. The van der Waals surface area contributed by atoms with Gasteiger partial charge in [-0.2, -0.15) is 0 Å². The number of rotatable bonds is 4. The number of hydrogen-bond donors (Lipinski definition) is 2. The van der Waals surface area contributed by atoms with Crippen LogP contribution in [0.3, 0.4) is 0 Å². The lowest BCUT2D eigenvalue weighted by Gasteiger charge is -2.34. The van der Waals surface area contributed by atoms with Gasteiger partial charge in [0.1, 0.15) is 4.90 Å². The number of sulfonamides is 1. The molecule has 0 unspecified atom stereocenters. The Morgan fingerprint density at radius 2 is 2.05 bits per heavy atom. The Bertz CT molecular complexity index is 613. The van der Waals surface area contributed by atoms with Crippen molar-refractivity contribution in [3.8, 4) is 0 Å². The lowest BCUT2D eigenvalue weighted by molar-refractivity contribution is -0.00183. The Hall–Kier alpha value is -0.690. The van der Waals surface area contributed by atoms with Crippen molar-refractivity contribution >= 4 is 21.6 Å². The van der Waals surface area contributed by atoms with E-state index >= 15 is 0 Å². The fraction of sp³-hybridized carbons (Fsp3) is 0.571. The van der Waals surface area contributed by atoms with Gasteiger partial charge in [-0.3, -0.25) is 0 Å². The van der Waals surface area contributed by atoms with Gasteiger partial charge >= 0.3 is 0 Å². The van der Waals surface area contributed by atoms with Crippen LogP contribution in [0.5, 0.6) is 0 Å². The summed E-state index contributed by atoms with van der Waals surface area (Å²) in [6, 6.07) is 3.81. The maximum Gasteiger partial charge on any atom is 0.243 e. The zero-order chi connectivity index (χ0) is 15.7. The van der Waals surface area contributed by atoms with Crippen molar-refractivity contribution in [3.05, 3.63) is 29.0 Å². The summed E-state index contributed by atoms with van der Waals surface area (Å²) >= 11 is 5.60. The van der Waals surface area contributed by atoms with E-state index in [1.165, 1.54) is 12.1 Å². The third kappa shape index (κ3) is 3.94. The van der Waals surface area contributed by atoms with Crippen LogP contribution in [-0.4, -0.2) is 25.7 Å². The topological polar surface area (TPSA) is 66.4 Å². The van der Waals surface area contributed by atoms with Gasteiger partial charge in [-0.1, -0.05) is 24.6 Å². The molecular weight excluding hydrogens is 317 g/mol. The fourth-order valence-corrected chi connectivity index (χ4v) is 3.92. The first-order valence-corrected chi connectivity index (χ1v) is 8.76. The Kier molecular flexibility index (Phi) is 4.92. The third-order valence-electron chi connectivity index (χ3n) is 4.00. The van der Waals surface area contributed by atoms with E-state index in [1.807, 2.05) is 0 Å². The molecule has 21 heavy (non-hydrogen) atoms. The van der Waals surface area contributed by atoms with Gasteiger partial charge in [-0.05, 0) is 43.7 Å². The first kappa shape index (κ1) is 16.7. The Morgan fingerprint density at radius 1 is 1.43 bits per heavy atom. The van der Waals surface area contributed by atoms with E-state index in [0.29, 0.717) is 18.8 Å². The zero-order valence-electron chi connectivity index (χ0n) is 11.8. The summed E-state index contributed by atoms with van der Waals surface area (Å²) in [4.78, 5) is -0.497. The van der Waals surface area contributed by atoms with Crippen molar-refractivity contribution in [1.82, 2.24) is 4.72 Å². The summed E-state index contributed by atoms with van der Waals surface area (Å²) in [5, 5.41) is 10.1. The highest BCUT2D eigenvalue weighted by Crippen LogP contribution is 2.31. The highest BCUT2D eigenvalue weighted by molar-refractivity contribution is 7.89. The van der Waals surface area contributed by atoms with E-state index in [-0.39, 0.29) is 11.6 Å². The molecule has 0 heterocycles. The SMILES string of the molecule is CC1CCC(O)(CNS(=O)(=O)c2cccc(Cl)c2F)CC1. The minimum atomic E-state index is -4.03. The molecule has 0 bridgehead atoms. The molecule has 1 aromatic rings. The average molecular weight is 336 g/mol. The number of benzene rings is 1. The largest absolute Gasteiger partial charge is 0.389 e. The van der Waals surface area contributed by atoms with Crippen LogP contribution in [-0.2, 0) is 10.0 Å². The lowest BCUT2D eigenvalue weighted by Crippen LogP contribution is -2.45. The third-order valence-corrected chi connectivity index (χ3v) is 5.71. The minimum Gasteiger partial charge on any atom is -0.389 e. The molecule has 1 aromatic carbocycles. The average Bonchev–Trinajstić information content (AvgIpc) is 2.43. The van der Waals surface area contributed by atoms with Gasteiger partial charge in [0.2, 0.25) is 10.0 Å². The maximum absolute atomic E-state index is 13.8. The normalized spacial score (nSPS) is 26.8. The quantitative estimate of drug-likeness (QED) is 0.889. The van der Waals surface area contributed by atoms with Crippen LogP contribution in [0.25, 0.3) is 0 Å². The molecule has 0 aromatic heterocycles. The van der Waals surface area contributed by atoms with Crippen molar-refractivity contribution in [2.24, 2.45) is 5.92 Å². The molecule has 7 heteroatoms. The van der Waals surface area contributed by atoms with Crippen LogP contribution in [0.15, 0.2) is 23.1 Å². The van der Waals surface area contributed by atoms with Crippen LogP contribution >= 0.6 is 11.6 Å². The summed E-state index contributed by atoms with van der Waals surface area (Å²) in [5.41, 5.74) is -1.06. The maximum atomic E-state index is 13.8. The predicted octanol–water partition coefficient (Wildman–Crippen LogP) is 2.70. The highest BCUT2D eigenvalue weighted by Gasteiger charge is 2.33. The molecule has 4 nitrogen and oxygen atoms in total. The molecule has 0 saturated heterocycles. The molecule has 0 amide bonds. The van der Waals surface area contributed by atoms with Crippen LogP contribution in [0.2, 0.25) is 5.02 Å². The van der Waals surface area contributed by atoms with Crippen molar-refractivity contribution in [2.75, 3.05) is 6.54 Å². The van der Waals surface area contributed by atoms with E-state index in [9.17, 15) is 17.9 Å². The van der Waals surface area contributed by atoms with Gasteiger partial charge in [-0.25, -0.2) is 17.5 Å². The van der Waals surface area contributed by atoms with Gasteiger partial charge in [-0.15, -0.1) is 0 Å². The fourth-order valence-electron chi connectivity index (χ4n) is 2.47.